The van der Waals surface area contributed by atoms with E-state index in [4.69, 9.17) is 16.3 Å². The zero-order valence-electron chi connectivity index (χ0n) is 13.1. The molecule has 116 valence electrons. The summed E-state index contributed by atoms with van der Waals surface area (Å²) >= 11 is 6.07. The first-order valence-corrected chi connectivity index (χ1v) is 8.09. The summed E-state index contributed by atoms with van der Waals surface area (Å²) in [6, 6.07) is 6.02. The van der Waals surface area contributed by atoms with E-state index in [1.807, 2.05) is 12.1 Å². The highest BCUT2D eigenvalue weighted by atomic mass is 35.5. The lowest BCUT2D eigenvalue weighted by Gasteiger charge is -2.20. The summed E-state index contributed by atoms with van der Waals surface area (Å²) in [4.78, 5) is 7.09. The van der Waals surface area contributed by atoms with Gasteiger partial charge in [0.05, 0.1) is 18.5 Å². The lowest BCUT2D eigenvalue weighted by Crippen LogP contribution is -2.28. The Kier molecular flexibility index (Phi) is 5.88. The Bertz CT molecular complexity index is 582. The number of fused-ring (bicyclic) bond motifs is 1. The molecule has 0 saturated heterocycles. The van der Waals surface area contributed by atoms with Crippen LogP contribution in [0.4, 0.5) is 0 Å². The molecule has 2 rings (SSSR count). The summed E-state index contributed by atoms with van der Waals surface area (Å²) in [6.45, 7) is 8.52. The normalized spacial score (nSPS) is 11.5. The molecule has 5 heteroatoms. The van der Waals surface area contributed by atoms with Crippen LogP contribution in [-0.2, 0) is 12.4 Å². The number of rotatable bonds is 8. The van der Waals surface area contributed by atoms with E-state index in [0.29, 0.717) is 5.88 Å². The molecule has 0 spiro atoms. The smallest absolute Gasteiger partial charge is 0.146 e. The largest absolute Gasteiger partial charge is 0.494 e. The van der Waals surface area contributed by atoms with Crippen LogP contribution in [0.1, 0.15) is 26.1 Å². The molecule has 0 amide bonds. The van der Waals surface area contributed by atoms with Crippen LogP contribution in [0.15, 0.2) is 18.2 Å². The number of alkyl halides is 1. The number of methoxy groups -OCH3 is 1. The van der Waals surface area contributed by atoms with Gasteiger partial charge in [0.1, 0.15) is 17.1 Å². The number of para-hydroxylation sites is 1. The maximum absolute atomic E-state index is 6.07. The molecule has 0 saturated carbocycles. The molecule has 0 aliphatic heterocycles. The van der Waals surface area contributed by atoms with E-state index >= 15 is 0 Å². The number of hydrogen-bond acceptors (Lipinski definition) is 3. The van der Waals surface area contributed by atoms with Gasteiger partial charge in [-0.25, -0.2) is 4.98 Å². The summed E-state index contributed by atoms with van der Waals surface area (Å²) in [6.07, 6.45) is 1.18. The third kappa shape index (κ3) is 3.50. The SMILES string of the molecule is CCCN(CC)CCn1c(CCl)nc2c(OC)cccc21. The van der Waals surface area contributed by atoms with E-state index in [1.54, 1.807) is 7.11 Å². The molecule has 0 atom stereocenters. The average Bonchev–Trinajstić information content (AvgIpc) is 2.89. The minimum atomic E-state index is 0.414. The molecule has 21 heavy (non-hydrogen) atoms. The van der Waals surface area contributed by atoms with Gasteiger partial charge in [-0.05, 0) is 31.6 Å². The van der Waals surface area contributed by atoms with Crippen molar-refractivity contribution in [3.63, 3.8) is 0 Å². The molecule has 2 aromatic rings. The highest BCUT2D eigenvalue weighted by Gasteiger charge is 2.14. The van der Waals surface area contributed by atoms with E-state index in [-0.39, 0.29) is 0 Å². The van der Waals surface area contributed by atoms with Crippen molar-refractivity contribution < 1.29 is 4.74 Å². The Balaban J connectivity index is 2.29. The Hall–Kier alpha value is -1.26. The van der Waals surface area contributed by atoms with Crippen LogP contribution >= 0.6 is 11.6 Å². The summed E-state index contributed by atoms with van der Waals surface area (Å²) < 4.78 is 7.61. The third-order valence-electron chi connectivity index (χ3n) is 3.79. The lowest BCUT2D eigenvalue weighted by atomic mass is 10.3. The molecule has 1 aromatic carbocycles. The molecule has 0 fully saturated rings. The van der Waals surface area contributed by atoms with Crippen molar-refractivity contribution in [1.29, 1.82) is 0 Å². The minimum Gasteiger partial charge on any atom is -0.494 e. The van der Waals surface area contributed by atoms with Crippen LogP contribution in [0.5, 0.6) is 5.75 Å². The van der Waals surface area contributed by atoms with Crippen LogP contribution < -0.4 is 4.74 Å². The molecule has 0 N–H and O–H groups in total. The second kappa shape index (κ2) is 7.66. The summed E-state index contributed by atoms with van der Waals surface area (Å²) in [5.74, 6) is 2.12. The monoisotopic (exact) mass is 309 g/mol. The standard InChI is InChI=1S/C16H24ClN3O/c1-4-9-19(5-2)10-11-20-13-7-6-8-14(21-3)16(13)18-15(20)12-17/h6-8H,4-5,9-12H2,1-3H3. The number of nitrogens with zero attached hydrogens (tertiary/aromatic N) is 3. The molecule has 0 aliphatic carbocycles. The summed E-state index contributed by atoms with van der Waals surface area (Å²) in [5.41, 5.74) is 1.99. The zero-order chi connectivity index (χ0) is 15.2. The van der Waals surface area contributed by atoms with Gasteiger partial charge in [0, 0.05) is 13.1 Å². The fourth-order valence-corrected chi connectivity index (χ4v) is 2.88. The molecule has 0 aliphatic rings. The maximum atomic E-state index is 6.07. The van der Waals surface area contributed by atoms with Crippen molar-refractivity contribution in [2.24, 2.45) is 0 Å². The number of aromatic nitrogens is 2. The van der Waals surface area contributed by atoms with Crippen LogP contribution in [0.2, 0.25) is 0 Å². The van der Waals surface area contributed by atoms with Crippen LogP contribution in [0.25, 0.3) is 11.0 Å². The fourth-order valence-electron chi connectivity index (χ4n) is 2.67. The number of halogens is 1. The molecule has 1 heterocycles. The number of likely N-dealkylation sites (N-methyl/N-ethyl adjacent to an activating group) is 1. The van der Waals surface area contributed by atoms with E-state index in [0.717, 1.165) is 48.8 Å². The Labute approximate surface area is 131 Å². The van der Waals surface area contributed by atoms with Gasteiger partial charge in [-0.1, -0.05) is 19.9 Å². The molecular formula is C16H24ClN3O. The van der Waals surface area contributed by atoms with Crippen LogP contribution in [0.3, 0.4) is 0 Å². The molecule has 0 radical (unpaired) electrons. The zero-order valence-corrected chi connectivity index (χ0v) is 13.9. The average molecular weight is 310 g/mol. The van der Waals surface area contributed by atoms with Gasteiger partial charge >= 0.3 is 0 Å². The highest BCUT2D eigenvalue weighted by molar-refractivity contribution is 6.16. The predicted molar refractivity (Wildman–Crippen MR) is 88.2 cm³/mol. The highest BCUT2D eigenvalue weighted by Crippen LogP contribution is 2.26. The van der Waals surface area contributed by atoms with Gasteiger partial charge in [0.2, 0.25) is 0 Å². The first-order chi connectivity index (χ1) is 10.2. The van der Waals surface area contributed by atoms with Crippen molar-refractivity contribution in [3.8, 4) is 5.75 Å². The van der Waals surface area contributed by atoms with Crippen molar-refractivity contribution in [1.82, 2.24) is 14.5 Å². The number of benzene rings is 1. The van der Waals surface area contributed by atoms with E-state index in [9.17, 15) is 0 Å². The quantitative estimate of drug-likeness (QED) is 0.699. The Morgan fingerprint density at radius 2 is 2.10 bits per heavy atom. The van der Waals surface area contributed by atoms with Crippen molar-refractivity contribution in [3.05, 3.63) is 24.0 Å². The Morgan fingerprint density at radius 3 is 2.71 bits per heavy atom. The summed E-state index contributed by atoms with van der Waals surface area (Å²) in [7, 11) is 1.67. The van der Waals surface area contributed by atoms with Gasteiger partial charge < -0.3 is 14.2 Å². The second-order valence-electron chi connectivity index (χ2n) is 5.08. The van der Waals surface area contributed by atoms with Crippen molar-refractivity contribution >= 4 is 22.6 Å². The first-order valence-electron chi connectivity index (χ1n) is 7.55. The molecular weight excluding hydrogens is 286 g/mol. The van der Waals surface area contributed by atoms with Gasteiger partial charge in [-0.2, -0.15) is 0 Å². The minimum absolute atomic E-state index is 0.414. The molecule has 0 bridgehead atoms. The van der Waals surface area contributed by atoms with Crippen molar-refractivity contribution in [2.75, 3.05) is 26.7 Å². The summed E-state index contributed by atoms with van der Waals surface area (Å²) in [5, 5.41) is 0. The number of imidazole rings is 1. The predicted octanol–water partition coefficient (Wildman–Crippen LogP) is 3.52. The number of ether oxygens (including phenoxy) is 1. The van der Waals surface area contributed by atoms with Crippen LogP contribution in [-0.4, -0.2) is 41.2 Å². The first kappa shape index (κ1) is 16.1. The van der Waals surface area contributed by atoms with Crippen LogP contribution in [0, 0.1) is 0 Å². The second-order valence-corrected chi connectivity index (χ2v) is 5.34. The van der Waals surface area contributed by atoms with E-state index < -0.39 is 0 Å². The molecule has 0 unspecified atom stereocenters. The fraction of sp³-hybridized carbons (Fsp3) is 0.562. The maximum Gasteiger partial charge on any atom is 0.146 e. The lowest BCUT2D eigenvalue weighted by molar-refractivity contribution is 0.277. The van der Waals surface area contributed by atoms with E-state index in [2.05, 4.69) is 34.4 Å². The number of hydrogen-bond donors (Lipinski definition) is 0. The van der Waals surface area contributed by atoms with Gasteiger partial charge in [0.25, 0.3) is 0 Å². The molecule has 1 aromatic heterocycles. The third-order valence-corrected chi connectivity index (χ3v) is 4.03. The molecule has 4 nitrogen and oxygen atoms in total. The van der Waals surface area contributed by atoms with Crippen molar-refractivity contribution in [2.45, 2.75) is 32.7 Å². The van der Waals surface area contributed by atoms with E-state index in [1.165, 1.54) is 6.42 Å². The Morgan fingerprint density at radius 1 is 1.29 bits per heavy atom. The topological polar surface area (TPSA) is 30.3 Å². The van der Waals surface area contributed by atoms with Gasteiger partial charge in [-0.3, -0.25) is 0 Å². The van der Waals surface area contributed by atoms with Gasteiger partial charge in [-0.15, -0.1) is 11.6 Å². The van der Waals surface area contributed by atoms with Gasteiger partial charge in [0.15, 0.2) is 0 Å².